The number of fused-ring (bicyclic) bond motifs is 1. The van der Waals surface area contributed by atoms with Crippen molar-refractivity contribution in [2.24, 2.45) is 4.99 Å². The minimum absolute atomic E-state index is 0.156. The monoisotopic (exact) mass is 463 g/mol. The summed E-state index contributed by atoms with van der Waals surface area (Å²) in [5.74, 6) is -0.816. The van der Waals surface area contributed by atoms with Crippen molar-refractivity contribution in [2.75, 3.05) is 13.1 Å². The van der Waals surface area contributed by atoms with Crippen LogP contribution in [0.2, 0.25) is 0 Å². The maximum Gasteiger partial charge on any atom is 0.279 e. The van der Waals surface area contributed by atoms with E-state index in [1.807, 2.05) is 25.3 Å². The molecule has 3 aromatic rings. The van der Waals surface area contributed by atoms with E-state index < -0.39 is 15.9 Å². The van der Waals surface area contributed by atoms with Crippen LogP contribution in [0.1, 0.15) is 44.0 Å². The molecule has 0 N–H and O–H groups in total. The highest BCUT2D eigenvalue weighted by atomic mass is 32.2. The number of amides is 1. The van der Waals surface area contributed by atoms with Crippen LogP contribution in [0.25, 0.3) is 10.2 Å². The summed E-state index contributed by atoms with van der Waals surface area (Å²) in [7, 11) is -3.60. The summed E-state index contributed by atoms with van der Waals surface area (Å²) in [4.78, 5) is 17.6. The van der Waals surface area contributed by atoms with Gasteiger partial charge in [-0.15, -0.1) is 0 Å². The highest BCUT2D eigenvalue weighted by Gasteiger charge is 2.22. The van der Waals surface area contributed by atoms with Gasteiger partial charge in [0.1, 0.15) is 5.82 Å². The maximum absolute atomic E-state index is 13.5. The van der Waals surface area contributed by atoms with Gasteiger partial charge in [0.2, 0.25) is 10.0 Å². The zero-order chi connectivity index (χ0) is 22.6. The number of thiazole rings is 1. The molecule has 1 aromatic heterocycles. The van der Waals surface area contributed by atoms with Crippen molar-refractivity contribution in [1.82, 2.24) is 8.87 Å². The number of aromatic nitrogens is 1. The fourth-order valence-corrected chi connectivity index (χ4v) is 5.90. The molecule has 0 aliphatic heterocycles. The number of sulfonamides is 1. The van der Waals surface area contributed by atoms with E-state index in [2.05, 4.69) is 4.99 Å². The first-order chi connectivity index (χ1) is 14.8. The Morgan fingerprint density at radius 1 is 1.13 bits per heavy atom. The number of rotatable bonds is 8. The second kappa shape index (κ2) is 9.84. The van der Waals surface area contributed by atoms with E-state index in [-0.39, 0.29) is 10.7 Å². The van der Waals surface area contributed by atoms with Crippen molar-refractivity contribution in [3.05, 3.63) is 58.6 Å². The molecule has 1 amide bonds. The number of halogens is 1. The van der Waals surface area contributed by atoms with Crippen LogP contribution in [0.15, 0.2) is 52.4 Å². The Kier molecular flexibility index (Phi) is 7.40. The molecule has 0 aliphatic rings. The standard InChI is InChI=1S/C22H26FN3O3S2/c1-4-7-14-25(5-2)31(28,29)18-11-8-16(9-12-18)21(27)24-22-26(6-3)19-13-10-17(23)15-20(19)30-22/h8-13,15H,4-7,14H2,1-3H3. The van der Waals surface area contributed by atoms with Crippen molar-refractivity contribution in [1.29, 1.82) is 0 Å². The van der Waals surface area contributed by atoms with Crippen molar-refractivity contribution in [2.45, 2.75) is 45.1 Å². The van der Waals surface area contributed by atoms with Crippen LogP contribution >= 0.6 is 11.3 Å². The molecule has 0 atom stereocenters. The van der Waals surface area contributed by atoms with E-state index in [9.17, 15) is 17.6 Å². The average molecular weight is 464 g/mol. The minimum Gasteiger partial charge on any atom is -0.317 e. The van der Waals surface area contributed by atoms with Crippen LogP contribution in [0.5, 0.6) is 0 Å². The molecule has 0 fully saturated rings. The van der Waals surface area contributed by atoms with Crippen LogP contribution in [-0.4, -0.2) is 36.3 Å². The Labute approximate surface area is 185 Å². The van der Waals surface area contributed by atoms with E-state index in [1.54, 1.807) is 6.07 Å². The predicted octanol–water partition coefficient (Wildman–Crippen LogP) is 4.41. The number of nitrogens with zero attached hydrogens (tertiary/aromatic N) is 3. The largest absolute Gasteiger partial charge is 0.317 e. The lowest BCUT2D eigenvalue weighted by atomic mass is 10.2. The minimum atomic E-state index is -3.60. The molecule has 166 valence electrons. The molecule has 2 aromatic carbocycles. The SMILES string of the molecule is CCCCN(CC)S(=O)(=O)c1ccc(C(=O)N=c2sc3cc(F)ccc3n2CC)cc1. The normalized spacial score (nSPS) is 12.7. The van der Waals surface area contributed by atoms with Crippen LogP contribution in [0.3, 0.4) is 0 Å². The average Bonchev–Trinajstić information content (AvgIpc) is 3.09. The topological polar surface area (TPSA) is 71.7 Å². The molecule has 0 unspecified atom stereocenters. The quantitative estimate of drug-likeness (QED) is 0.497. The van der Waals surface area contributed by atoms with Gasteiger partial charge in [0.05, 0.1) is 15.1 Å². The van der Waals surface area contributed by atoms with Gasteiger partial charge >= 0.3 is 0 Å². The molecule has 1 heterocycles. The number of benzene rings is 2. The van der Waals surface area contributed by atoms with Crippen molar-refractivity contribution < 1.29 is 17.6 Å². The first-order valence-electron chi connectivity index (χ1n) is 10.3. The molecule has 0 spiro atoms. The number of carbonyl (C=O) groups is 1. The number of unbranched alkanes of at least 4 members (excludes halogenated alkanes) is 1. The maximum atomic E-state index is 13.5. The molecule has 0 bridgehead atoms. The van der Waals surface area contributed by atoms with E-state index in [0.29, 0.717) is 34.7 Å². The van der Waals surface area contributed by atoms with E-state index in [0.717, 1.165) is 18.4 Å². The van der Waals surface area contributed by atoms with Crippen molar-refractivity contribution >= 4 is 37.5 Å². The molecule has 0 saturated carbocycles. The molecular weight excluding hydrogens is 437 g/mol. The molecule has 31 heavy (non-hydrogen) atoms. The van der Waals surface area contributed by atoms with Gasteiger partial charge in [0, 0.05) is 25.2 Å². The zero-order valence-electron chi connectivity index (χ0n) is 17.8. The number of aryl methyl sites for hydroxylation is 1. The van der Waals surface area contributed by atoms with Crippen LogP contribution in [0.4, 0.5) is 4.39 Å². The molecule has 3 rings (SSSR count). The fraction of sp³-hybridized carbons (Fsp3) is 0.364. The van der Waals surface area contributed by atoms with E-state index in [4.69, 9.17) is 0 Å². The van der Waals surface area contributed by atoms with Crippen molar-refractivity contribution in [3.63, 3.8) is 0 Å². The van der Waals surface area contributed by atoms with Gasteiger partial charge in [-0.25, -0.2) is 12.8 Å². The first kappa shape index (κ1) is 23.3. The Morgan fingerprint density at radius 3 is 2.45 bits per heavy atom. The van der Waals surface area contributed by atoms with Crippen LogP contribution in [-0.2, 0) is 16.6 Å². The highest BCUT2D eigenvalue weighted by molar-refractivity contribution is 7.89. The predicted molar refractivity (Wildman–Crippen MR) is 121 cm³/mol. The van der Waals surface area contributed by atoms with Crippen LogP contribution in [0, 0.1) is 5.82 Å². The smallest absolute Gasteiger partial charge is 0.279 e. The Hall–Kier alpha value is -2.36. The summed E-state index contributed by atoms with van der Waals surface area (Å²) in [5.41, 5.74) is 1.11. The molecule has 0 saturated heterocycles. The van der Waals surface area contributed by atoms with Gasteiger partial charge in [0.25, 0.3) is 5.91 Å². The van der Waals surface area contributed by atoms with Gasteiger partial charge in [-0.3, -0.25) is 4.79 Å². The van der Waals surface area contributed by atoms with Gasteiger partial charge in [-0.2, -0.15) is 9.30 Å². The Balaban J connectivity index is 1.91. The van der Waals surface area contributed by atoms with Crippen LogP contribution < -0.4 is 4.80 Å². The lowest BCUT2D eigenvalue weighted by molar-refractivity contribution is 0.0997. The Morgan fingerprint density at radius 2 is 1.84 bits per heavy atom. The third kappa shape index (κ3) is 4.94. The lowest BCUT2D eigenvalue weighted by Crippen LogP contribution is -2.31. The Bertz CT molecular complexity index is 1250. The van der Waals surface area contributed by atoms with Crippen molar-refractivity contribution in [3.8, 4) is 0 Å². The lowest BCUT2D eigenvalue weighted by Gasteiger charge is -2.20. The van der Waals surface area contributed by atoms with Gasteiger partial charge in [0.15, 0.2) is 4.80 Å². The van der Waals surface area contributed by atoms with Gasteiger partial charge < -0.3 is 4.57 Å². The molecule has 0 aliphatic carbocycles. The van der Waals surface area contributed by atoms with Gasteiger partial charge in [-0.1, -0.05) is 31.6 Å². The number of carbonyl (C=O) groups excluding carboxylic acids is 1. The third-order valence-corrected chi connectivity index (χ3v) is 8.04. The summed E-state index contributed by atoms with van der Waals surface area (Å²) in [6, 6.07) is 10.3. The second-order valence-corrected chi connectivity index (χ2v) is 9.98. The van der Waals surface area contributed by atoms with E-state index >= 15 is 0 Å². The van der Waals surface area contributed by atoms with Gasteiger partial charge in [-0.05, 0) is 55.8 Å². The zero-order valence-corrected chi connectivity index (χ0v) is 19.5. The molecular formula is C22H26FN3O3S2. The third-order valence-electron chi connectivity index (χ3n) is 5.01. The van der Waals surface area contributed by atoms with E-state index in [1.165, 1.54) is 52.0 Å². The highest BCUT2D eigenvalue weighted by Crippen LogP contribution is 2.20. The second-order valence-electron chi connectivity index (χ2n) is 7.03. The molecule has 9 heteroatoms. The number of hydrogen-bond acceptors (Lipinski definition) is 4. The summed E-state index contributed by atoms with van der Waals surface area (Å²) in [6.07, 6.45) is 1.70. The molecule has 0 radical (unpaired) electrons. The summed E-state index contributed by atoms with van der Waals surface area (Å²) < 4.78 is 43.2. The summed E-state index contributed by atoms with van der Waals surface area (Å²) >= 11 is 1.24. The first-order valence-corrected chi connectivity index (χ1v) is 12.6. The number of hydrogen-bond donors (Lipinski definition) is 0. The molecule has 6 nitrogen and oxygen atoms in total. The summed E-state index contributed by atoms with van der Waals surface area (Å²) in [5, 5.41) is 0. The summed E-state index contributed by atoms with van der Waals surface area (Å²) in [6.45, 7) is 7.19. The fourth-order valence-electron chi connectivity index (χ4n) is 3.29.